The predicted octanol–water partition coefficient (Wildman–Crippen LogP) is 4.25. The average molecular weight is 295 g/mol. The van der Waals surface area contributed by atoms with Gasteiger partial charge in [0.25, 0.3) is 0 Å². The van der Waals surface area contributed by atoms with Crippen LogP contribution in [0.4, 0.5) is 0 Å². The van der Waals surface area contributed by atoms with Crippen molar-refractivity contribution in [3.8, 4) is 0 Å². The van der Waals surface area contributed by atoms with Crippen molar-refractivity contribution >= 4 is 15.9 Å². The number of hydrogen-bond donors (Lipinski definition) is 0. The minimum atomic E-state index is 0.336. The molecule has 1 aromatic rings. The molecule has 0 spiro atoms. The molecule has 1 nitrogen and oxygen atoms in total. The molecular weight excluding hydrogens is 276 g/mol. The lowest BCUT2D eigenvalue weighted by Gasteiger charge is -2.29. The smallest absolute Gasteiger partial charge is 0.0830 e. The minimum Gasteiger partial charge on any atom is -0.373 e. The Morgan fingerprint density at radius 1 is 1.24 bits per heavy atom. The molecule has 0 N–H and O–H groups in total. The van der Waals surface area contributed by atoms with E-state index in [-0.39, 0.29) is 0 Å². The Hall–Kier alpha value is -0.340. The standard InChI is InChI=1S/C15H19BrO/c16-14-7-3-5-12(14)10-15-13-6-2-1-4-11(13)8-9-17-15/h1-2,4,6,12,14-15H,3,5,7-10H2. The second kappa shape index (κ2) is 5.11. The van der Waals surface area contributed by atoms with Crippen LogP contribution in [0, 0.1) is 5.92 Å². The van der Waals surface area contributed by atoms with E-state index in [1.165, 1.54) is 36.8 Å². The van der Waals surface area contributed by atoms with E-state index in [4.69, 9.17) is 4.74 Å². The first-order valence-corrected chi connectivity index (χ1v) is 7.59. The van der Waals surface area contributed by atoms with Crippen LogP contribution >= 0.6 is 15.9 Å². The van der Waals surface area contributed by atoms with Gasteiger partial charge in [-0.15, -0.1) is 0 Å². The number of ether oxygens (including phenoxy) is 1. The van der Waals surface area contributed by atoms with Crippen molar-refractivity contribution in [2.75, 3.05) is 6.61 Å². The summed E-state index contributed by atoms with van der Waals surface area (Å²) in [6.45, 7) is 0.890. The van der Waals surface area contributed by atoms with Gasteiger partial charge in [0.15, 0.2) is 0 Å². The van der Waals surface area contributed by atoms with E-state index in [9.17, 15) is 0 Å². The fraction of sp³-hybridized carbons (Fsp3) is 0.600. The molecule has 0 saturated heterocycles. The van der Waals surface area contributed by atoms with E-state index >= 15 is 0 Å². The summed E-state index contributed by atoms with van der Waals surface area (Å²) < 4.78 is 5.99. The van der Waals surface area contributed by atoms with Gasteiger partial charge in [-0.1, -0.05) is 46.6 Å². The third kappa shape index (κ3) is 2.43. The molecule has 3 rings (SSSR count). The maximum atomic E-state index is 5.99. The number of fused-ring (bicyclic) bond motifs is 1. The highest BCUT2D eigenvalue weighted by atomic mass is 79.9. The van der Waals surface area contributed by atoms with Crippen molar-refractivity contribution in [2.24, 2.45) is 5.92 Å². The van der Waals surface area contributed by atoms with Gasteiger partial charge in [-0.05, 0) is 42.7 Å². The molecule has 1 aromatic carbocycles. The third-order valence-corrected chi connectivity index (χ3v) is 5.38. The van der Waals surface area contributed by atoms with E-state index in [0.29, 0.717) is 10.9 Å². The van der Waals surface area contributed by atoms with Crippen molar-refractivity contribution in [3.63, 3.8) is 0 Å². The fourth-order valence-electron chi connectivity index (χ4n) is 3.20. The first-order valence-electron chi connectivity index (χ1n) is 6.68. The van der Waals surface area contributed by atoms with E-state index in [0.717, 1.165) is 18.9 Å². The highest BCUT2D eigenvalue weighted by Gasteiger charge is 2.30. The van der Waals surface area contributed by atoms with Gasteiger partial charge in [0.2, 0.25) is 0 Å². The summed E-state index contributed by atoms with van der Waals surface area (Å²) in [6.07, 6.45) is 6.66. The molecule has 92 valence electrons. The van der Waals surface area contributed by atoms with E-state index in [2.05, 4.69) is 40.2 Å². The lowest BCUT2D eigenvalue weighted by molar-refractivity contribution is 0.0264. The number of rotatable bonds is 2. The van der Waals surface area contributed by atoms with Crippen molar-refractivity contribution in [1.82, 2.24) is 0 Å². The molecule has 1 aliphatic heterocycles. The average Bonchev–Trinajstić information content (AvgIpc) is 2.76. The van der Waals surface area contributed by atoms with E-state index in [1.54, 1.807) is 0 Å². The molecule has 2 heteroatoms. The van der Waals surface area contributed by atoms with Crippen LogP contribution in [0.15, 0.2) is 24.3 Å². The van der Waals surface area contributed by atoms with Gasteiger partial charge in [0.05, 0.1) is 12.7 Å². The van der Waals surface area contributed by atoms with Crippen LogP contribution in [0.25, 0.3) is 0 Å². The molecule has 0 bridgehead atoms. The molecule has 1 heterocycles. The van der Waals surface area contributed by atoms with Gasteiger partial charge in [-0.25, -0.2) is 0 Å². The zero-order valence-corrected chi connectivity index (χ0v) is 11.7. The maximum absolute atomic E-state index is 5.99. The van der Waals surface area contributed by atoms with Gasteiger partial charge in [-0.2, -0.15) is 0 Å². The van der Waals surface area contributed by atoms with Crippen LogP contribution in [0.3, 0.4) is 0 Å². The lowest BCUT2D eigenvalue weighted by Crippen LogP contribution is -2.20. The summed E-state index contributed by atoms with van der Waals surface area (Å²) in [4.78, 5) is 0.709. The quantitative estimate of drug-likeness (QED) is 0.741. The van der Waals surface area contributed by atoms with Crippen LogP contribution < -0.4 is 0 Å². The van der Waals surface area contributed by atoms with Crippen LogP contribution in [0.1, 0.15) is 42.9 Å². The summed E-state index contributed by atoms with van der Waals surface area (Å²) in [5.41, 5.74) is 2.93. The maximum Gasteiger partial charge on any atom is 0.0830 e. The summed E-state index contributed by atoms with van der Waals surface area (Å²) >= 11 is 3.82. The summed E-state index contributed by atoms with van der Waals surface area (Å²) in [6, 6.07) is 8.79. The molecule has 3 unspecified atom stereocenters. The first-order chi connectivity index (χ1) is 8.34. The summed E-state index contributed by atoms with van der Waals surface area (Å²) in [7, 11) is 0. The topological polar surface area (TPSA) is 9.23 Å². The number of benzene rings is 1. The van der Waals surface area contributed by atoms with Crippen LogP contribution in [-0.4, -0.2) is 11.4 Å². The molecule has 0 aromatic heterocycles. The highest BCUT2D eigenvalue weighted by Crippen LogP contribution is 2.40. The van der Waals surface area contributed by atoms with Gasteiger partial charge >= 0.3 is 0 Å². The van der Waals surface area contributed by atoms with Crippen molar-refractivity contribution < 1.29 is 4.74 Å². The number of alkyl halides is 1. The van der Waals surface area contributed by atoms with Gasteiger partial charge in [0, 0.05) is 4.83 Å². The van der Waals surface area contributed by atoms with Gasteiger partial charge in [0.1, 0.15) is 0 Å². The third-order valence-electron chi connectivity index (χ3n) is 4.18. The molecular formula is C15H19BrO. The Bertz CT molecular complexity index is 390. The monoisotopic (exact) mass is 294 g/mol. The number of hydrogen-bond acceptors (Lipinski definition) is 1. The molecule has 0 radical (unpaired) electrons. The van der Waals surface area contributed by atoms with Crippen LogP contribution in [0.5, 0.6) is 0 Å². The van der Waals surface area contributed by atoms with Crippen molar-refractivity contribution in [2.45, 2.75) is 43.0 Å². The molecule has 1 aliphatic carbocycles. The Labute approximate surface area is 112 Å². The van der Waals surface area contributed by atoms with Gasteiger partial charge in [-0.3, -0.25) is 0 Å². The predicted molar refractivity (Wildman–Crippen MR) is 73.5 cm³/mol. The molecule has 1 saturated carbocycles. The van der Waals surface area contributed by atoms with Crippen LogP contribution in [-0.2, 0) is 11.2 Å². The van der Waals surface area contributed by atoms with Gasteiger partial charge < -0.3 is 4.74 Å². The molecule has 0 amide bonds. The van der Waals surface area contributed by atoms with E-state index in [1.807, 2.05) is 0 Å². The van der Waals surface area contributed by atoms with Crippen molar-refractivity contribution in [3.05, 3.63) is 35.4 Å². The Morgan fingerprint density at radius 2 is 2.12 bits per heavy atom. The Balaban J connectivity index is 1.76. The lowest BCUT2D eigenvalue weighted by atomic mass is 9.90. The molecule has 3 atom stereocenters. The highest BCUT2D eigenvalue weighted by molar-refractivity contribution is 9.09. The minimum absolute atomic E-state index is 0.336. The van der Waals surface area contributed by atoms with Crippen molar-refractivity contribution in [1.29, 1.82) is 0 Å². The Kier molecular flexibility index (Phi) is 3.53. The van der Waals surface area contributed by atoms with Crippen LogP contribution in [0.2, 0.25) is 0 Å². The fourth-order valence-corrected chi connectivity index (χ4v) is 4.01. The molecule has 17 heavy (non-hydrogen) atoms. The SMILES string of the molecule is BrC1CCCC1CC1OCCc2ccccc21. The Morgan fingerprint density at radius 3 is 2.94 bits per heavy atom. The summed E-state index contributed by atoms with van der Waals surface area (Å²) in [5, 5.41) is 0. The zero-order valence-electron chi connectivity index (χ0n) is 10.1. The second-order valence-electron chi connectivity index (χ2n) is 5.25. The summed E-state index contributed by atoms with van der Waals surface area (Å²) in [5.74, 6) is 0.797. The van der Waals surface area contributed by atoms with E-state index < -0.39 is 0 Å². The largest absolute Gasteiger partial charge is 0.373 e. The molecule has 1 fully saturated rings. The second-order valence-corrected chi connectivity index (χ2v) is 6.43. The first kappa shape index (κ1) is 11.7. The number of halogens is 1. The normalized spacial score (nSPS) is 32.4. The zero-order chi connectivity index (χ0) is 11.7. The molecule has 2 aliphatic rings.